The van der Waals surface area contributed by atoms with Crippen molar-refractivity contribution >= 4 is 12.0 Å². The van der Waals surface area contributed by atoms with E-state index in [9.17, 15) is 9.59 Å². The summed E-state index contributed by atoms with van der Waals surface area (Å²) in [5.41, 5.74) is 1.75. The third-order valence-electron chi connectivity index (χ3n) is 5.10. The third-order valence-corrected chi connectivity index (χ3v) is 5.10. The number of carbonyl (C=O) groups is 2. The Balaban J connectivity index is 1.54. The smallest absolute Gasteiger partial charge is 0.409 e. The van der Waals surface area contributed by atoms with Crippen LogP contribution in [0.2, 0.25) is 0 Å². The number of likely N-dealkylation sites (tertiary alicyclic amines) is 1. The van der Waals surface area contributed by atoms with E-state index in [1.165, 1.54) is 0 Å². The Labute approximate surface area is 148 Å². The molecule has 3 heterocycles. The molecule has 1 atom stereocenters. The fourth-order valence-corrected chi connectivity index (χ4v) is 3.72. The number of aryl methyl sites for hydroxylation is 1. The van der Waals surface area contributed by atoms with Crippen LogP contribution in [0.25, 0.3) is 0 Å². The minimum absolute atomic E-state index is 0.0861. The molecule has 7 nitrogen and oxygen atoms in total. The second-order valence-electron chi connectivity index (χ2n) is 6.86. The Morgan fingerprint density at radius 3 is 2.60 bits per heavy atom. The first kappa shape index (κ1) is 17.8. The van der Waals surface area contributed by atoms with Crippen molar-refractivity contribution in [2.45, 2.75) is 32.7 Å². The molecule has 0 aromatic carbocycles. The molecule has 2 saturated heterocycles. The number of hydrogen-bond donors (Lipinski definition) is 1. The van der Waals surface area contributed by atoms with Crippen LogP contribution in [0.15, 0.2) is 12.3 Å². The predicted octanol–water partition coefficient (Wildman–Crippen LogP) is 1.70. The van der Waals surface area contributed by atoms with E-state index in [4.69, 9.17) is 4.74 Å². The van der Waals surface area contributed by atoms with E-state index in [0.29, 0.717) is 31.4 Å². The molecule has 2 aliphatic heterocycles. The fourth-order valence-electron chi connectivity index (χ4n) is 3.72. The van der Waals surface area contributed by atoms with Crippen LogP contribution in [0, 0.1) is 6.92 Å². The van der Waals surface area contributed by atoms with E-state index < -0.39 is 0 Å². The zero-order chi connectivity index (χ0) is 17.8. The van der Waals surface area contributed by atoms with Gasteiger partial charge in [-0.05, 0) is 38.3 Å². The van der Waals surface area contributed by atoms with Gasteiger partial charge in [-0.2, -0.15) is 0 Å². The van der Waals surface area contributed by atoms with E-state index in [1.54, 1.807) is 4.90 Å². The van der Waals surface area contributed by atoms with Gasteiger partial charge in [0, 0.05) is 51.5 Å². The molecule has 25 heavy (non-hydrogen) atoms. The molecule has 2 fully saturated rings. The van der Waals surface area contributed by atoms with Crippen molar-refractivity contribution < 1.29 is 14.3 Å². The van der Waals surface area contributed by atoms with Crippen molar-refractivity contribution in [1.29, 1.82) is 0 Å². The number of amides is 2. The van der Waals surface area contributed by atoms with E-state index >= 15 is 0 Å². The molecule has 0 radical (unpaired) electrons. The van der Waals surface area contributed by atoms with Crippen molar-refractivity contribution in [1.82, 2.24) is 19.7 Å². The van der Waals surface area contributed by atoms with Crippen LogP contribution in [0.4, 0.5) is 4.79 Å². The van der Waals surface area contributed by atoms with Gasteiger partial charge < -0.3 is 19.5 Å². The zero-order valence-electron chi connectivity index (χ0n) is 15.2. The summed E-state index contributed by atoms with van der Waals surface area (Å²) in [7, 11) is 0. The minimum Gasteiger partial charge on any atom is -0.450 e. The highest BCUT2D eigenvalue weighted by Gasteiger charge is 2.31. The predicted molar refractivity (Wildman–Crippen MR) is 94.6 cm³/mol. The second kappa shape index (κ2) is 7.91. The van der Waals surface area contributed by atoms with Gasteiger partial charge in [-0.1, -0.05) is 0 Å². The van der Waals surface area contributed by atoms with Crippen LogP contribution in [0.1, 0.15) is 35.8 Å². The molecular weight excluding hydrogens is 320 g/mol. The highest BCUT2D eigenvalue weighted by Crippen LogP contribution is 2.20. The number of piperidine rings is 1. The summed E-state index contributed by atoms with van der Waals surface area (Å²) in [6.07, 6.45) is 3.77. The molecule has 1 aromatic rings. The Morgan fingerprint density at radius 1 is 1.20 bits per heavy atom. The zero-order valence-corrected chi connectivity index (χ0v) is 15.2. The maximum absolute atomic E-state index is 12.7. The molecule has 0 bridgehead atoms. The Kier molecular flexibility index (Phi) is 5.63. The summed E-state index contributed by atoms with van der Waals surface area (Å²) >= 11 is 0. The van der Waals surface area contributed by atoms with E-state index in [-0.39, 0.29) is 12.0 Å². The van der Waals surface area contributed by atoms with Crippen LogP contribution < -0.4 is 0 Å². The number of nitrogens with zero attached hydrogens (tertiary/aromatic N) is 3. The monoisotopic (exact) mass is 348 g/mol. The number of nitrogens with one attached hydrogen (secondary N) is 1. The molecule has 2 amide bonds. The molecular formula is C18H28N4O3. The third kappa shape index (κ3) is 4.15. The van der Waals surface area contributed by atoms with Crippen molar-refractivity contribution in [2.75, 3.05) is 45.9 Å². The van der Waals surface area contributed by atoms with Crippen LogP contribution >= 0.6 is 0 Å². The SMILES string of the molecule is CCOC(=O)N1CCN([C@H]2CCCN(C(=O)c3cc(C)c[nH]3)C2)CC1. The van der Waals surface area contributed by atoms with Crippen LogP contribution in [0.3, 0.4) is 0 Å². The van der Waals surface area contributed by atoms with E-state index in [2.05, 4.69) is 9.88 Å². The van der Waals surface area contributed by atoms with Gasteiger partial charge in [-0.25, -0.2) is 4.79 Å². The van der Waals surface area contributed by atoms with Gasteiger partial charge in [0.15, 0.2) is 0 Å². The van der Waals surface area contributed by atoms with Crippen LogP contribution in [0.5, 0.6) is 0 Å². The standard InChI is InChI=1S/C18H28N4O3/c1-3-25-18(24)21-9-7-20(8-10-21)15-5-4-6-22(13-15)17(23)16-11-14(2)12-19-16/h11-12,15,19H,3-10,13H2,1-2H3/t15-/m0/s1. The van der Waals surface area contributed by atoms with Gasteiger partial charge in [-0.15, -0.1) is 0 Å². The van der Waals surface area contributed by atoms with Gasteiger partial charge >= 0.3 is 6.09 Å². The number of aromatic amines is 1. The summed E-state index contributed by atoms with van der Waals surface area (Å²) < 4.78 is 5.07. The Hall–Kier alpha value is -2.02. The number of piperazine rings is 1. The van der Waals surface area contributed by atoms with Gasteiger partial charge in [0.2, 0.25) is 0 Å². The van der Waals surface area contributed by atoms with E-state index in [1.807, 2.05) is 31.0 Å². The normalized spacial score (nSPS) is 22.1. The maximum atomic E-state index is 12.7. The van der Waals surface area contributed by atoms with Crippen LogP contribution in [-0.2, 0) is 4.74 Å². The highest BCUT2D eigenvalue weighted by molar-refractivity contribution is 5.92. The first-order valence-corrected chi connectivity index (χ1v) is 9.18. The highest BCUT2D eigenvalue weighted by atomic mass is 16.6. The lowest BCUT2D eigenvalue weighted by molar-refractivity contribution is 0.0375. The Morgan fingerprint density at radius 2 is 1.96 bits per heavy atom. The molecule has 0 unspecified atom stereocenters. The lowest BCUT2D eigenvalue weighted by Gasteiger charge is -2.43. The van der Waals surface area contributed by atoms with Gasteiger partial charge in [0.25, 0.3) is 5.91 Å². The number of aromatic nitrogens is 1. The van der Waals surface area contributed by atoms with E-state index in [0.717, 1.165) is 44.6 Å². The van der Waals surface area contributed by atoms with Gasteiger partial charge in [0.05, 0.1) is 6.61 Å². The fraction of sp³-hybridized carbons (Fsp3) is 0.667. The van der Waals surface area contributed by atoms with Crippen molar-refractivity contribution in [3.63, 3.8) is 0 Å². The molecule has 3 rings (SSSR count). The average molecular weight is 348 g/mol. The van der Waals surface area contributed by atoms with Crippen LogP contribution in [-0.4, -0.2) is 83.6 Å². The molecule has 0 aliphatic carbocycles. The molecule has 0 saturated carbocycles. The van der Waals surface area contributed by atoms with Crippen molar-refractivity contribution in [3.8, 4) is 0 Å². The lowest BCUT2D eigenvalue weighted by atomic mass is 10.0. The molecule has 2 aliphatic rings. The van der Waals surface area contributed by atoms with Crippen molar-refractivity contribution in [2.24, 2.45) is 0 Å². The lowest BCUT2D eigenvalue weighted by Crippen LogP contribution is -2.56. The first-order valence-electron chi connectivity index (χ1n) is 9.18. The minimum atomic E-state index is -0.218. The molecule has 1 N–H and O–H groups in total. The molecule has 7 heteroatoms. The van der Waals surface area contributed by atoms with Gasteiger partial charge in [0.1, 0.15) is 5.69 Å². The largest absolute Gasteiger partial charge is 0.450 e. The summed E-state index contributed by atoms with van der Waals surface area (Å²) in [5, 5.41) is 0. The summed E-state index contributed by atoms with van der Waals surface area (Å²) in [6.45, 7) is 8.87. The summed E-state index contributed by atoms with van der Waals surface area (Å²) in [5.74, 6) is 0.0861. The summed E-state index contributed by atoms with van der Waals surface area (Å²) in [4.78, 5) is 33.7. The number of ether oxygens (including phenoxy) is 1. The molecule has 138 valence electrons. The topological polar surface area (TPSA) is 68.9 Å². The summed E-state index contributed by atoms with van der Waals surface area (Å²) in [6, 6.07) is 2.28. The molecule has 1 aromatic heterocycles. The first-order chi connectivity index (χ1) is 12.1. The number of rotatable bonds is 3. The molecule has 0 spiro atoms. The number of carbonyl (C=O) groups excluding carboxylic acids is 2. The quantitative estimate of drug-likeness (QED) is 0.903. The number of hydrogen-bond acceptors (Lipinski definition) is 4. The van der Waals surface area contributed by atoms with Gasteiger partial charge in [-0.3, -0.25) is 9.69 Å². The second-order valence-corrected chi connectivity index (χ2v) is 6.86. The average Bonchev–Trinajstić information content (AvgIpc) is 3.08. The Bertz CT molecular complexity index is 607. The van der Waals surface area contributed by atoms with Crippen molar-refractivity contribution in [3.05, 3.63) is 23.5 Å². The maximum Gasteiger partial charge on any atom is 0.409 e. The number of H-pyrrole nitrogens is 1.